The Kier molecular flexibility index (Phi) is 4.58. The van der Waals surface area contributed by atoms with Gasteiger partial charge in [-0.1, -0.05) is 48.0 Å². The van der Waals surface area contributed by atoms with Gasteiger partial charge in [-0.3, -0.25) is 4.79 Å². The number of anilines is 1. The number of thioether (sulfide) groups is 1. The number of nitrogens with zero attached hydrogens (tertiary/aromatic N) is 4. The average Bonchev–Trinajstić information content (AvgIpc) is 3.36. The molecule has 26 heavy (non-hydrogen) atoms. The maximum atomic E-state index is 13.3. The van der Waals surface area contributed by atoms with Gasteiger partial charge in [0.25, 0.3) is 0 Å². The fraction of sp³-hybridized carbons (Fsp3) is 0.150. The first-order chi connectivity index (χ1) is 12.7. The zero-order chi connectivity index (χ0) is 17.9. The smallest absolute Gasteiger partial charge is 0.214 e. The number of aromatic nitrogens is 3. The standard InChI is InChI=1S/C20H18N4OS/c1-15-7-9-16(10-8-15)19(25)18(24-14-21-13-22-24)20-23(11-12-26-20)17-5-3-2-4-6-17/h2-10,13-14H,11-12H2,1H3/b20-18+. The number of carbonyl (C=O) groups is 1. The van der Waals surface area contributed by atoms with E-state index >= 15 is 0 Å². The molecule has 0 bridgehead atoms. The third-order valence-corrected chi connectivity index (χ3v) is 5.32. The molecule has 5 nitrogen and oxygen atoms in total. The Morgan fingerprint density at radius 1 is 1.08 bits per heavy atom. The molecule has 3 aromatic rings. The van der Waals surface area contributed by atoms with Crippen LogP contribution in [0.15, 0.2) is 72.3 Å². The predicted octanol–water partition coefficient (Wildman–Crippen LogP) is 3.85. The van der Waals surface area contributed by atoms with E-state index in [1.165, 1.54) is 6.33 Å². The van der Waals surface area contributed by atoms with Gasteiger partial charge in [-0.05, 0) is 19.1 Å². The molecule has 0 aliphatic carbocycles. The van der Waals surface area contributed by atoms with Crippen LogP contribution in [0, 0.1) is 6.92 Å². The molecule has 1 aliphatic heterocycles. The number of rotatable bonds is 4. The molecule has 0 radical (unpaired) electrons. The van der Waals surface area contributed by atoms with E-state index < -0.39 is 0 Å². The summed E-state index contributed by atoms with van der Waals surface area (Å²) in [6.07, 6.45) is 3.03. The average molecular weight is 362 g/mol. The molecule has 0 saturated carbocycles. The number of carbonyl (C=O) groups excluding carboxylic acids is 1. The molecule has 2 heterocycles. The number of hydrogen-bond donors (Lipinski definition) is 0. The largest absolute Gasteiger partial charge is 0.334 e. The lowest BCUT2D eigenvalue weighted by Gasteiger charge is -2.22. The van der Waals surface area contributed by atoms with Crippen molar-refractivity contribution in [1.29, 1.82) is 0 Å². The first-order valence-electron chi connectivity index (χ1n) is 8.40. The van der Waals surface area contributed by atoms with Crippen molar-refractivity contribution in [3.63, 3.8) is 0 Å². The number of ketones is 1. The highest BCUT2D eigenvalue weighted by molar-refractivity contribution is 8.03. The van der Waals surface area contributed by atoms with Gasteiger partial charge in [0.15, 0.2) is 0 Å². The molecule has 0 spiro atoms. The summed E-state index contributed by atoms with van der Waals surface area (Å²) in [6.45, 7) is 2.86. The van der Waals surface area contributed by atoms with Crippen LogP contribution >= 0.6 is 11.8 Å². The van der Waals surface area contributed by atoms with Crippen LogP contribution in [0.25, 0.3) is 5.70 Å². The molecule has 130 valence electrons. The molecule has 2 aromatic carbocycles. The van der Waals surface area contributed by atoms with Crippen LogP contribution < -0.4 is 4.90 Å². The van der Waals surface area contributed by atoms with E-state index in [0.29, 0.717) is 11.3 Å². The highest BCUT2D eigenvalue weighted by atomic mass is 32.2. The molecule has 0 N–H and O–H groups in total. The summed E-state index contributed by atoms with van der Waals surface area (Å²) in [7, 11) is 0. The Bertz CT molecular complexity index is 934. The van der Waals surface area contributed by atoms with Crippen molar-refractivity contribution in [3.05, 3.63) is 83.4 Å². The Morgan fingerprint density at radius 2 is 1.85 bits per heavy atom. The van der Waals surface area contributed by atoms with Crippen molar-refractivity contribution in [2.75, 3.05) is 17.2 Å². The van der Waals surface area contributed by atoms with E-state index in [-0.39, 0.29) is 5.78 Å². The van der Waals surface area contributed by atoms with Crippen molar-refractivity contribution in [2.24, 2.45) is 0 Å². The fourth-order valence-corrected chi connectivity index (χ4v) is 4.07. The molecule has 6 heteroatoms. The monoisotopic (exact) mass is 362 g/mol. The molecule has 0 atom stereocenters. The van der Waals surface area contributed by atoms with Gasteiger partial charge in [-0.25, -0.2) is 9.67 Å². The number of allylic oxidation sites excluding steroid dienone is 1. The van der Waals surface area contributed by atoms with Crippen molar-refractivity contribution < 1.29 is 4.79 Å². The van der Waals surface area contributed by atoms with Crippen molar-refractivity contribution >= 4 is 28.9 Å². The number of aryl methyl sites for hydroxylation is 1. The maximum Gasteiger partial charge on any atom is 0.214 e. The van der Waals surface area contributed by atoms with Gasteiger partial charge < -0.3 is 4.90 Å². The molecule has 0 amide bonds. The SMILES string of the molecule is Cc1ccc(C(=O)/C(=C2\SCCN2c2ccccc2)n2cncn2)cc1. The summed E-state index contributed by atoms with van der Waals surface area (Å²) in [5.74, 6) is 0.865. The van der Waals surface area contributed by atoms with Crippen molar-refractivity contribution in [1.82, 2.24) is 14.8 Å². The Labute approximate surface area is 156 Å². The minimum Gasteiger partial charge on any atom is -0.334 e. The lowest BCUT2D eigenvalue weighted by Crippen LogP contribution is -2.22. The number of Topliss-reactive ketones (excluding diaryl/α,β-unsaturated/α-hetero) is 1. The van der Waals surface area contributed by atoms with E-state index in [9.17, 15) is 4.79 Å². The molecule has 4 rings (SSSR count). The van der Waals surface area contributed by atoms with Gasteiger partial charge in [-0.2, -0.15) is 5.10 Å². The zero-order valence-electron chi connectivity index (χ0n) is 14.4. The third-order valence-electron chi connectivity index (χ3n) is 4.25. The summed E-state index contributed by atoms with van der Waals surface area (Å²) in [4.78, 5) is 19.5. The second-order valence-electron chi connectivity index (χ2n) is 6.02. The molecule has 0 unspecified atom stereocenters. The quantitative estimate of drug-likeness (QED) is 0.521. The Morgan fingerprint density at radius 3 is 2.54 bits per heavy atom. The van der Waals surface area contributed by atoms with Gasteiger partial charge in [0.2, 0.25) is 5.78 Å². The summed E-state index contributed by atoms with van der Waals surface area (Å²) in [5, 5.41) is 5.15. The molecule has 1 aromatic heterocycles. The lowest BCUT2D eigenvalue weighted by atomic mass is 10.1. The van der Waals surface area contributed by atoms with Gasteiger partial charge in [0, 0.05) is 23.5 Å². The molecule has 1 fully saturated rings. The second kappa shape index (κ2) is 7.17. The summed E-state index contributed by atoms with van der Waals surface area (Å²) < 4.78 is 1.58. The zero-order valence-corrected chi connectivity index (χ0v) is 15.2. The molecular formula is C20H18N4OS. The van der Waals surface area contributed by atoms with Crippen LogP contribution in [0.1, 0.15) is 15.9 Å². The van der Waals surface area contributed by atoms with Gasteiger partial charge in [0.1, 0.15) is 23.4 Å². The van der Waals surface area contributed by atoms with Crippen LogP contribution in [0.2, 0.25) is 0 Å². The van der Waals surface area contributed by atoms with Crippen LogP contribution in [0.5, 0.6) is 0 Å². The fourth-order valence-electron chi connectivity index (χ4n) is 2.93. The third kappa shape index (κ3) is 3.15. The van der Waals surface area contributed by atoms with Crippen LogP contribution in [-0.2, 0) is 0 Å². The number of hydrogen-bond acceptors (Lipinski definition) is 5. The summed E-state index contributed by atoms with van der Waals surface area (Å²) >= 11 is 1.67. The summed E-state index contributed by atoms with van der Waals surface area (Å²) in [6, 6.07) is 17.7. The van der Waals surface area contributed by atoms with Crippen molar-refractivity contribution in [2.45, 2.75) is 6.92 Å². The Hall–Kier alpha value is -2.86. The minimum absolute atomic E-state index is 0.0548. The second-order valence-corrected chi connectivity index (χ2v) is 7.11. The minimum atomic E-state index is -0.0548. The topological polar surface area (TPSA) is 51.0 Å². The highest BCUT2D eigenvalue weighted by Crippen LogP contribution is 2.37. The van der Waals surface area contributed by atoms with E-state index in [0.717, 1.165) is 28.6 Å². The van der Waals surface area contributed by atoms with Gasteiger partial charge in [-0.15, -0.1) is 11.8 Å². The maximum absolute atomic E-state index is 13.3. The van der Waals surface area contributed by atoms with E-state index in [1.54, 1.807) is 22.8 Å². The molecule has 1 saturated heterocycles. The normalized spacial score (nSPS) is 16.0. The highest BCUT2D eigenvalue weighted by Gasteiger charge is 2.29. The van der Waals surface area contributed by atoms with Gasteiger partial charge in [0.05, 0.1) is 0 Å². The van der Waals surface area contributed by atoms with E-state index in [4.69, 9.17) is 0 Å². The van der Waals surface area contributed by atoms with Crippen LogP contribution in [0.4, 0.5) is 5.69 Å². The van der Waals surface area contributed by atoms with E-state index in [2.05, 4.69) is 27.1 Å². The lowest BCUT2D eigenvalue weighted by molar-refractivity contribution is 0.104. The van der Waals surface area contributed by atoms with E-state index in [1.807, 2.05) is 49.4 Å². The van der Waals surface area contributed by atoms with Crippen LogP contribution in [0.3, 0.4) is 0 Å². The number of benzene rings is 2. The molecule has 1 aliphatic rings. The Balaban J connectivity index is 1.84. The first kappa shape index (κ1) is 16.6. The molecular weight excluding hydrogens is 344 g/mol. The van der Waals surface area contributed by atoms with Crippen molar-refractivity contribution in [3.8, 4) is 0 Å². The van der Waals surface area contributed by atoms with Crippen LogP contribution in [-0.4, -0.2) is 32.8 Å². The predicted molar refractivity (Wildman–Crippen MR) is 105 cm³/mol. The number of para-hydroxylation sites is 1. The summed E-state index contributed by atoms with van der Waals surface area (Å²) in [5.41, 5.74) is 3.38. The first-order valence-corrected chi connectivity index (χ1v) is 9.38. The van der Waals surface area contributed by atoms with Gasteiger partial charge >= 0.3 is 0 Å².